The van der Waals surface area contributed by atoms with E-state index in [9.17, 15) is 14.4 Å². The smallest absolute Gasteiger partial charge is 0.313 e. The third-order valence-electron chi connectivity index (χ3n) is 5.03. The lowest BCUT2D eigenvalue weighted by atomic mass is 9.93. The predicted molar refractivity (Wildman–Crippen MR) is 108 cm³/mol. The van der Waals surface area contributed by atoms with E-state index in [2.05, 4.69) is 27.4 Å². The largest absolute Gasteiger partial charge is 0.366 e. The summed E-state index contributed by atoms with van der Waals surface area (Å²) in [5.41, 5.74) is 5.64. The number of anilines is 1. The Labute approximate surface area is 170 Å². The fourth-order valence-corrected chi connectivity index (χ4v) is 4.69. The Balaban J connectivity index is 1.55. The number of carbonyl (C=O) groups excluding carboxylic acids is 3. The van der Waals surface area contributed by atoms with Gasteiger partial charge in [-0.15, -0.1) is 11.3 Å². The molecule has 3 aromatic heterocycles. The maximum atomic E-state index is 13.0. The Bertz CT molecular complexity index is 1060. The fraction of sp³-hybridized carbons (Fsp3) is 0.316. The van der Waals surface area contributed by atoms with Crippen LogP contribution in [0.4, 0.5) is 5.69 Å². The second-order valence-corrected chi connectivity index (χ2v) is 8.32. The summed E-state index contributed by atoms with van der Waals surface area (Å²) in [4.78, 5) is 44.4. The van der Waals surface area contributed by atoms with Gasteiger partial charge in [0, 0.05) is 23.0 Å². The van der Waals surface area contributed by atoms with E-state index in [1.54, 1.807) is 22.4 Å². The van der Waals surface area contributed by atoms with Gasteiger partial charge in [0.15, 0.2) is 0 Å². The number of primary amides is 1. The molecule has 9 nitrogen and oxygen atoms in total. The monoisotopic (exact) mass is 412 g/mol. The number of H-pyrrole nitrogens is 1. The number of aromatic amines is 1. The molecule has 2 unspecified atom stereocenters. The van der Waals surface area contributed by atoms with Gasteiger partial charge >= 0.3 is 11.8 Å². The van der Waals surface area contributed by atoms with Gasteiger partial charge < -0.3 is 16.0 Å². The summed E-state index contributed by atoms with van der Waals surface area (Å²) < 4.78 is 0. The van der Waals surface area contributed by atoms with Crippen LogP contribution in [0.25, 0.3) is 10.2 Å². The first kappa shape index (κ1) is 19.1. The molecular weight excluding hydrogens is 392 g/mol. The molecule has 10 heteroatoms. The molecule has 0 radical (unpaired) electrons. The lowest BCUT2D eigenvalue weighted by molar-refractivity contribution is -0.146. The van der Waals surface area contributed by atoms with Crippen molar-refractivity contribution >= 4 is 45.0 Å². The van der Waals surface area contributed by atoms with E-state index in [0.717, 1.165) is 27.9 Å². The van der Waals surface area contributed by atoms with Gasteiger partial charge in [0.05, 0.1) is 29.7 Å². The molecule has 2 atom stereocenters. The summed E-state index contributed by atoms with van der Waals surface area (Å²) in [6.07, 6.45) is 6.18. The van der Waals surface area contributed by atoms with Crippen molar-refractivity contribution in [2.75, 3.05) is 11.9 Å². The summed E-state index contributed by atoms with van der Waals surface area (Å²) in [5, 5.41) is 10.5. The quantitative estimate of drug-likeness (QED) is 0.566. The maximum absolute atomic E-state index is 13.0. The molecule has 4 heterocycles. The summed E-state index contributed by atoms with van der Waals surface area (Å²) in [6, 6.07) is 3.25. The van der Waals surface area contributed by atoms with Gasteiger partial charge in [-0.3, -0.25) is 24.5 Å². The molecule has 29 heavy (non-hydrogen) atoms. The van der Waals surface area contributed by atoms with Crippen molar-refractivity contribution in [2.24, 2.45) is 11.7 Å². The van der Waals surface area contributed by atoms with Crippen LogP contribution in [-0.2, 0) is 9.59 Å². The average Bonchev–Trinajstić information content (AvgIpc) is 3.29. The first-order chi connectivity index (χ1) is 13.9. The van der Waals surface area contributed by atoms with Gasteiger partial charge in [0.2, 0.25) is 5.91 Å². The number of nitrogens with two attached hydrogens (primary N) is 1. The highest BCUT2D eigenvalue weighted by molar-refractivity contribution is 7.18. The highest BCUT2D eigenvalue weighted by atomic mass is 32.1. The van der Waals surface area contributed by atoms with Gasteiger partial charge in [-0.2, -0.15) is 5.10 Å². The number of aromatic nitrogens is 3. The van der Waals surface area contributed by atoms with E-state index in [1.165, 1.54) is 18.5 Å². The van der Waals surface area contributed by atoms with E-state index >= 15 is 0 Å². The standard InChI is InChI=1S/C19H20N6O3S/c1-10-2-3-14(15-5-12-7-22-24-18(12)29-15)25(9-10)19(28)17(27)23-13-4-11(16(20)26)6-21-8-13/h4-8,10,14H,2-3,9H2,1H3,(H2,20,26)(H,22,24)(H,23,27). The SMILES string of the molecule is CC1CCC(c2cc3cn[nH]c3s2)N(C(=O)C(=O)Nc2cncc(C(N)=O)c2)C1. The van der Waals surface area contributed by atoms with Crippen molar-refractivity contribution in [1.29, 1.82) is 0 Å². The second kappa shape index (κ2) is 7.63. The Morgan fingerprint density at radius 2 is 2.07 bits per heavy atom. The number of likely N-dealkylation sites (tertiary alicyclic amines) is 1. The maximum Gasteiger partial charge on any atom is 0.313 e. The summed E-state index contributed by atoms with van der Waals surface area (Å²) in [6.45, 7) is 2.57. The molecule has 1 saturated heterocycles. The zero-order valence-corrected chi connectivity index (χ0v) is 16.5. The number of thiophene rings is 1. The summed E-state index contributed by atoms with van der Waals surface area (Å²) in [7, 11) is 0. The molecular formula is C19H20N6O3S. The molecule has 3 aromatic rings. The fourth-order valence-electron chi connectivity index (χ4n) is 3.56. The molecule has 150 valence electrons. The van der Waals surface area contributed by atoms with Crippen LogP contribution in [0.5, 0.6) is 0 Å². The summed E-state index contributed by atoms with van der Waals surface area (Å²) >= 11 is 1.55. The normalized spacial score (nSPS) is 19.3. The van der Waals surface area contributed by atoms with Crippen LogP contribution >= 0.6 is 11.3 Å². The highest BCUT2D eigenvalue weighted by Gasteiger charge is 2.35. The van der Waals surface area contributed by atoms with Crippen molar-refractivity contribution < 1.29 is 14.4 Å². The van der Waals surface area contributed by atoms with Crippen LogP contribution in [0, 0.1) is 5.92 Å². The first-order valence-electron chi connectivity index (χ1n) is 9.22. The Morgan fingerprint density at radius 1 is 1.24 bits per heavy atom. The van der Waals surface area contributed by atoms with Gasteiger partial charge in [0.25, 0.3) is 0 Å². The molecule has 0 aromatic carbocycles. The van der Waals surface area contributed by atoms with Crippen molar-refractivity contribution in [3.63, 3.8) is 0 Å². The Morgan fingerprint density at radius 3 is 2.83 bits per heavy atom. The number of nitrogens with one attached hydrogen (secondary N) is 2. The molecule has 1 fully saturated rings. The van der Waals surface area contributed by atoms with E-state index in [0.29, 0.717) is 12.5 Å². The molecule has 0 saturated carbocycles. The van der Waals surface area contributed by atoms with Crippen LogP contribution in [-0.4, -0.2) is 44.3 Å². The highest BCUT2D eigenvalue weighted by Crippen LogP contribution is 2.38. The zero-order chi connectivity index (χ0) is 20.5. The molecule has 0 spiro atoms. The molecule has 1 aliphatic rings. The lowest BCUT2D eigenvalue weighted by Gasteiger charge is -2.37. The lowest BCUT2D eigenvalue weighted by Crippen LogP contribution is -2.46. The van der Waals surface area contributed by atoms with Crippen LogP contribution in [0.1, 0.15) is 41.0 Å². The number of amides is 3. The second-order valence-electron chi connectivity index (χ2n) is 7.24. The Hall–Kier alpha value is -3.27. The Kier molecular flexibility index (Phi) is 5.01. The predicted octanol–water partition coefficient (Wildman–Crippen LogP) is 2.06. The number of piperidine rings is 1. The first-order valence-corrected chi connectivity index (χ1v) is 10.0. The van der Waals surface area contributed by atoms with Gasteiger partial charge in [0.1, 0.15) is 4.83 Å². The number of fused-ring (bicyclic) bond motifs is 1. The van der Waals surface area contributed by atoms with E-state index in [1.807, 2.05) is 6.07 Å². The van der Waals surface area contributed by atoms with Crippen LogP contribution in [0.3, 0.4) is 0 Å². The van der Waals surface area contributed by atoms with Crippen molar-refractivity contribution in [3.05, 3.63) is 41.2 Å². The number of carbonyl (C=O) groups is 3. The molecule has 0 aliphatic carbocycles. The number of hydrogen-bond acceptors (Lipinski definition) is 6. The zero-order valence-electron chi connectivity index (χ0n) is 15.7. The molecule has 1 aliphatic heterocycles. The minimum atomic E-state index is -0.767. The van der Waals surface area contributed by atoms with Crippen molar-refractivity contribution in [1.82, 2.24) is 20.1 Å². The molecule has 0 bridgehead atoms. The van der Waals surface area contributed by atoms with Crippen LogP contribution in [0.15, 0.2) is 30.7 Å². The number of hydrogen-bond donors (Lipinski definition) is 3. The molecule has 3 amide bonds. The van der Waals surface area contributed by atoms with Crippen molar-refractivity contribution in [3.8, 4) is 0 Å². The van der Waals surface area contributed by atoms with Crippen LogP contribution in [0.2, 0.25) is 0 Å². The number of nitrogens with zero attached hydrogens (tertiary/aromatic N) is 3. The molecule has 4 N–H and O–H groups in total. The third kappa shape index (κ3) is 3.83. The van der Waals surface area contributed by atoms with Crippen LogP contribution < -0.4 is 11.1 Å². The van der Waals surface area contributed by atoms with E-state index in [4.69, 9.17) is 5.73 Å². The average molecular weight is 412 g/mol. The van der Waals surface area contributed by atoms with Gasteiger partial charge in [-0.05, 0) is 30.9 Å². The van der Waals surface area contributed by atoms with Gasteiger partial charge in [-0.25, -0.2) is 0 Å². The minimum absolute atomic E-state index is 0.155. The summed E-state index contributed by atoms with van der Waals surface area (Å²) in [5.74, 6) is -1.74. The third-order valence-corrected chi connectivity index (χ3v) is 6.19. The topological polar surface area (TPSA) is 134 Å². The van der Waals surface area contributed by atoms with E-state index < -0.39 is 17.7 Å². The minimum Gasteiger partial charge on any atom is -0.366 e. The molecule has 4 rings (SSSR count). The van der Waals surface area contributed by atoms with Gasteiger partial charge in [-0.1, -0.05) is 6.92 Å². The number of rotatable bonds is 3. The van der Waals surface area contributed by atoms with E-state index in [-0.39, 0.29) is 17.3 Å². The number of pyridine rings is 1. The van der Waals surface area contributed by atoms with Crippen molar-refractivity contribution in [2.45, 2.75) is 25.8 Å².